The molecule has 0 aromatic heterocycles. The van der Waals surface area contributed by atoms with E-state index in [9.17, 15) is 19.5 Å². The van der Waals surface area contributed by atoms with E-state index in [1.54, 1.807) is 41.3 Å². The number of rotatable bonds is 3. The summed E-state index contributed by atoms with van der Waals surface area (Å²) in [6.07, 6.45) is 8.04. The summed E-state index contributed by atoms with van der Waals surface area (Å²) in [6.45, 7) is 0.178. The van der Waals surface area contributed by atoms with Crippen LogP contribution in [0.3, 0.4) is 0 Å². The van der Waals surface area contributed by atoms with E-state index in [4.69, 9.17) is 21.1 Å². The van der Waals surface area contributed by atoms with Crippen molar-refractivity contribution in [3.05, 3.63) is 53.6 Å². The van der Waals surface area contributed by atoms with E-state index in [0.29, 0.717) is 17.1 Å². The number of aliphatic hydroxyl groups excluding tert-OH is 1. The van der Waals surface area contributed by atoms with Crippen LogP contribution in [0.15, 0.2) is 48.6 Å². The van der Waals surface area contributed by atoms with Crippen molar-refractivity contribution in [3.8, 4) is 0 Å². The molecule has 4 heterocycles. The fourth-order valence-electron chi connectivity index (χ4n) is 5.45. The molecule has 2 fully saturated rings. The minimum Gasteiger partial charge on any atom is -0.465 e. The first-order valence-electron chi connectivity index (χ1n) is 11.1. The highest BCUT2D eigenvalue weighted by molar-refractivity contribution is 6.30. The van der Waals surface area contributed by atoms with Gasteiger partial charge in [0.15, 0.2) is 0 Å². The quantitative estimate of drug-likeness (QED) is 0.531. The number of nitrogens with zero attached hydrogens (tertiary/aromatic N) is 2. The summed E-state index contributed by atoms with van der Waals surface area (Å²) < 4.78 is 11.9. The zero-order valence-corrected chi connectivity index (χ0v) is 18.7. The molecule has 4 aliphatic rings. The van der Waals surface area contributed by atoms with Crippen LogP contribution in [-0.2, 0) is 23.9 Å². The fourth-order valence-corrected chi connectivity index (χ4v) is 5.58. The van der Waals surface area contributed by atoms with E-state index >= 15 is 0 Å². The first-order valence-corrected chi connectivity index (χ1v) is 11.5. The molecule has 5 rings (SSSR count). The van der Waals surface area contributed by atoms with Gasteiger partial charge >= 0.3 is 5.97 Å². The maximum atomic E-state index is 13.9. The number of β-amino-alcohol motifs (C(OH)–C–C–N with tert-alkyl or cyclic N) is 1. The number of hydrogen-bond acceptors (Lipinski definition) is 6. The molecule has 2 amide bonds. The Kier molecular flexibility index (Phi) is 5.76. The third-order valence-corrected chi connectivity index (χ3v) is 7.08. The van der Waals surface area contributed by atoms with Crippen LogP contribution in [0.2, 0.25) is 5.02 Å². The summed E-state index contributed by atoms with van der Waals surface area (Å²) in [5, 5.41) is 10.2. The molecular formula is C24H25ClN2O6. The van der Waals surface area contributed by atoms with Crippen molar-refractivity contribution in [3.63, 3.8) is 0 Å². The standard InChI is InChI=1S/C24H25ClN2O6/c25-15-6-8-16(9-7-15)26-11-4-10-24-19(21(29)27(12-13-28)20(24)22(26)30)18-17(33-24)5-2-1-3-14-32-23(18)31/h2,4-10,17-20,28H,1,3,11-14H2/b5-2-/t17-,18+,19-,20?,24-/m0/s1. The second-order valence-corrected chi connectivity index (χ2v) is 9.10. The topological polar surface area (TPSA) is 96.4 Å². The summed E-state index contributed by atoms with van der Waals surface area (Å²) in [6, 6.07) is 5.85. The molecule has 2 saturated heterocycles. The lowest BCUT2D eigenvalue weighted by molar-refractivity contribution is -0.154. The average Bonchev–Trinajstić information content (AvgIpc) is 3.20. The molecular weight excluding hydrogens is 448 g/mol. The number of hydrogen-bond donors (Lipinski definition) is 1. The Morgan fingerprint density at radius 1 is 1.12 bits per heavy atom. The zero-order chi connectivity index (χ0) is 23.2. The summed E-state index contributed by atoms with van der Waals surface area (Å²) in [5.74, 6) is -3.00. The largest absolute Gasteiger partial charge is 0.465 e. The molecule has 1 aromatic rings. The number of esters is 1. The highest BCUT2D eigenvalue weighted by Crippen LogP contribution is 2.53. The number of benzene rings is 1. The van der Waals surface area contributed by atoms with Crippen molar-refractivity contribution in [1.29, 1.82) is 0 Å². The lowest BCUT2D eigenvalue weighted by atomic mass is 9.78. The van der Waals surface area contributed by atoms with Crippen LogP contribution in [0, 0.1) is 11.8 Å². The van der Waals surface area contributed by atoms with Crippen LogP contribution in [0.5, 0.6) is 0 Å². The monoisotopic (exact) mass is 472 g/mol. The van der Waals surface area contributed by atoms with Crippen molar-refractivity contribution >= 4 is 35.1 Å². The molecule has 1 unspecified atom stereocenters. The second-order valence-electron chi connectivity index (χ2n) is 8.66. The van der Waals surface area contributed by atoms with Gasteiger partial charge in [-0.05, 0) is 37.1 Å². The number of carbonyl (C=O) groups excluding carboxylic acids is 3. The van der Waals surface area contributed by atoms with Crippen LogP contribution in [0.25, 0.3) is 0 Å². The summed E-state index contributed by atoms with van der Waals surface area (Å²) >= 11 is 6.02. The van der Waals surface area contributed by atoms with Crippen LogP contribution in [-0.4, -0.2) is 71.8 Å². The minimum atomic E-state index is -1.33. The van der Waals surface area contributed by atoms with Crippen molar-refractivity contribution in [2.24, 2.45) is 11.8 Å². The van der Waals surface area contributed by atoms with Gasteiger partial charge in [-0.2, -0.15) is 0 Å². The van der Waals surface area contributed by atoms with E-state index < -0.39 is 35.6 Å². The van der Waals surface area contributed by atoms with E-state index in [1.807, 2.05) is 12.2 Å². The molecule has 9 heteroatoms. The smallest absolute Gasteiger partial charge is 0.312 e. The molecule has 0 radical (unpaired) electrons. The predicted octanol–water partition coefficient (Wildman–Crippen LogP) is 1.71. The maximum absolute atomic E-state index is 13.9. The number of fused-ring (bicyclic) bond motifs is 2. The number of amides is 2. The Bertz CT molecular complexity index is 1020. The number of halogens is 1. The number of cyclic esters (lactones) is 1. The molecule has 1 N–H and O–H groups in total. The lowest BCUT2D eigenvalue weighted by Crippen LogP contribution is -2.55. The van der Waals surface area contributed by atoms with Crippen molar-refractivity contribution < 1.29 is 29.0 Å². The van der Waals surface area contributed by atoms with Crippen molar-refractivity contribution in [1.82, 2.24) is 4.90 Å². The highest BCUT2D eigenvalue weighted by Gasteiger charge is 2.71. The number of likely N-dealkylation sites (tertiary alicyclic amines) is 1. The van der Waals surface area contributed by atoms with E-state index in [-0.39, 0.29) is 38.1 Å². The van der Waals surface area contributed by atoms with Gasteiger partial charge in [-0.15, -0.1) is 0 Å². The number of carbonyl (C=O) groups is 3. The van der Waals surface area contributed by atoms with Gasteiger partial charge in [-0.25, -0.2) is 0 Å². The van der Waals surface area contributed by atoms with Crippen molar-refractivity contribution in [2.45, 2.75) is 30.6 Å². The molecule has 4 aliphatic heterocycles. The SMILES string of the molecule is O=C1OCCC/C=C\[C@@H]2O[C@]34C=CCN(c5ccc(Cl)cc5)C(=O)C3N(CCO)C(=O)[C@@H]4[C@H]12. The van der Waals surface area contributed by atoms with Crippen LogP contribution >= 0.6 is 11.6 Å². The average molecular weight is 473 g/mol. The first-order chi connectivity index (χ1) is 16.0. The highest BCUT2D eigenvalue weighted by atomic mass is 35.5. The third-order valence-electron chi connectivity index (χ3n) is 6.83. The van der Waals surface area contributed by atoms with E-state index in [0.717, 1.165) is 6.42 Å². The Hall–Kier alpha value is -2.68. The molecule has 0 aliphatic carbocycles. The maximum Gasteiger partial charge on any atom is 0.312 e. The van der Waals surface area contributed by atoms with Gasteiger partial charge in [0.25, 0.3) is 5.91 Å². The molecule has 0 bridgehead atoms. The van der Waals surface area contributed by atoms with E-state index in [1.165, 1.54) is 4.90 Å². The fraction of sp³-hybridized carbons (Fsp3) is 0.458. The number of allylic oxidation sites excluding steroid dienone is 1. The Morgan fingerprint density at radius 2 is 1.91 bits per heavy atom. The molecule has 1 aromatic carbocycles. The Morgan fingerprint density at radius 3 is 2.67 bits per heavy atom. The van der Waals surface area contributed by atoms with E-state index in [2.05, 4.69) is 0 Å². The summed E-state index contributed by atoms with van der Waals surface area (Å²) in [7, 11) is 0. The van der Waals surface area contributed by atoms with Crippen LogP contribution in [0.4, 0.5) is 5.69 Å². The van der Waals surface area contributed by atoms with Gasteiger partial charge < -0.3 is 24.4 Å². The van der Waals surface area contributed by atoms with Gasteiger partial charge in [0, 0.05) is 23.8 Å². The van der Waals surface area contributed by atoms with Gasteiger partial charge in [-0.1, -0.05) is 35.9 Å². The zero-order valence-electron chi connectivity index (χ0n) is 17.9. The van der Waals surface area contributed by atoms with Crippen LogP contribution < -0.4 is 4.90 Å². The van der Waals surface area contributed by atoms with Crippen LogP contribution in [0.1, 0.15) is 12.8 Å². The first kappa shape index (κ1) is 22.1. The normalized spacial score (nSPS) is 34.5. The second kappa shape index (κ2) is 8.59. The predicted molar refractivity (Wildman–Crippen MR) is 119 cm³/mol. The number of anilines is 1. The minimum absolute atomic E-state index is 0.0403. The molecule has 5 atom stereocenters. The van der Waals surface area contributed by atoms with Crippen molar-refractivity contribution in [2.75, 3.05) is 31.2 Å². The molecule has 1 spiro atoms. The summed E-state index contributed by atoms with van der Waals surface area (Å²) in [5.41, 5.74) is -0.701. The van der Waals surface area contributed by atoms with Gasteiger partial charge in [-0.3, -0.25) is 14.4 Å². The lowest BCUT2D eigenvalue weighted by Gasteiger charge is -2.35. The summed E-state index contributed by atoms with van der Waals surface area (Å²) in [4.78, 5) is 43.5. The molecule has 33 heavy (non-hydrogen) atoms. The van der Waals surface area contributed by atoms with Gasteiger partial charge in [0.1, 0.15) is 17.6 Å². The Labute approximate surface area is 196 Å². The third kappa shape index (κ3) is 3.48. The molecule has 0 saturated carbocycles. The Balaban J connectivity index is 1.60. The van der Waals surface area contributed by atoms with Gasteiger partial charge in [0.05, 0.1) is 25.2 Å². The molecule has 174 valence electrons. The number of aliphatic hydroxyl groups is 1. The van der Waals surface area contributed by atoms with Gasteiger partial charge in [0.2, 0.25) is 5.91 Å². The number of ether oxygens (including phenoxy) is 2. The molecule has 8 nitrogen and oxygen atoms in total.